The Morgan fingerprint density at radius 3 is 2.75 bits per heavy atom. The summed E-state index contributed by atoms with van der Waals surface area (Å²) in [5.74, 6) is 0.237. The molecule has 0 radical (unpaired) electrons. The lowest BCUT2D eigenvalue weighted by atomic mass is 10.0. The van der Waals surface area contributed by atoms with Gasteiger partial charge in [0.25, 0.3) is 0 Å². The first-order chi connectivity index (χ1) is 7.79. The molecule has 0 aromatic rings. The number of hydrogen-bond acceptors (Lipinski definition) is 2. The van der Waals surface area contributed by atoms with E-state index in [9.17, 15) is 9.90 Å². The number of amides is 1. The highest BCUT2D eigenvalue weighted by Gasteiger charge is 2.26. The monoisotopic (exact) mass is 227 g/mol. The highest BCUT2D eigenvalue weighted by molar-refractivity contribution is 5.77. The van der Waals surface area contributed by atoms with E-state index in [-0.39, 0.29) is 18.6 Å². The molecule has 1 rings (SSSR count). The van der Waals surface area contributed by atoms with E-state index in [4.69, 9.17) is 0 Å². The van der Waals surface area contributed by atoms with Gasteiger partial charge in [0.2, 0.25) is 5.91 Å². The molecule has 0 aromatic carbocycles. The van der Waals surface area contributed by atoms with Gasteiger partial charge in [-0.05, 0) is 19.3 Å². The van der Waals surface area contributed by atoms with Crippen molar-refractivity contribution in [3.05, 3.63) is 0 Å². The fourth-order valence-corrected chi connectivity index (χ4v) is 2.37. The van der Waals surface area contributed by atoms with Gasteiger partial charge >= 0.3 is 0 Å². The zero-order chi connectivity index (χ0) is 11.8. The molecule has 16 heavy (non-hydrogen) atoms. The number of likely N-dealkylation sites (tertiary alicyclic amines) is 1. The topological polar surface area (TPSA) is 40.5 Å². The summed E-state index contributed by atoms with van der Waals surface area (Å²) < 4.78 is 0. The fourth-order valence-electron chi connectivity index (χ4n) is 2.37. The zero-order valence-electron chi connectivity index (χ0n) is 10.5. The van der Waals surface area contributed by atoms with Crippen LogP contribution in [0.15, 0.2) is 0 Å². The summed E-state index contributed by atoms with van der Waals surface area (Å²) in [6, 6.07) is 0.0902. The van der Waals surface area contributed by atoms with E-state index in [1.54, 1.807) is 0 Å². The van der Waals surface area contributed by atoms with E-state index in [2.05, 4.69) is 6.92 Å². The van der Waals surface area contributed by atoms with E-state index in [1.165, 1.54) is 25.7 Å². The average molecular weight is 227 g/mol. The molecule has 94 valence electrons. The minimum Gasteiger partial charge on any atom is -0.394 e. The van der Waals surface area contributed by atoms with Crippen LogP contribution in [0.25, 0.3) is 0 Å². The van der Waals surface area contributed by atoms with Gasteiger partial charge in [-0.25, -0.2) is 0 Å². The predicted molar refractivity (Wildman–Crippen MR) is 65.2 cm³/mol. The van der Waals surface area contributed by atoms with Crippen LogP contribution in [0.4, 0.5) is 0 Å². The number of nitrogens with zero attached hydrogens (tertiary/aromatic N) is 1. The molecule has 3 nitrogen and oxygen atoms in total. The molecule has 0 bridgehead atoms. The first-order valence-electron chi connectivity index (χ1n) is 6.70. The number of carbonyl (C=O) groups excluding carboxylic acids is 1. The van der Waals surface area contributed by atoms with Crippen molar-refractivity contribution in [2.45, 2.75) is 64.3 Å². The highest BCUT2D eigenvalue weighted by atomic mass is 16.3. The first kappa shape index (κ1) is 13.5. The Morgan fingerprint density at radius 1 is 1.31 bits per heavy atom. The van der Waals surface area contributed by atoms with E-state index in [1.807, 2.05) is 4.90 Å². The van der Waals surface area contributed by atoms with Crippen LogP contribution >= 0.6 is 0 Å². The van der Waals surface area contributed by atoms with Gasteiger partial charge in [-0.2, -0.15) is 0 Å². The number of hydrogen-bond donors (Lipinski definition) is 1. The molecule has 1 atom stereocenters. The van der Waals surface area contributed by atoms with Gasteiger partial charge in [-0.3, -0.25) is 4.79 Å². The largest absolute Gasteiger partial charge is 0.394 e. The van der Waals surface area contributed by atoms with Crippen LogP contribution in [0.2, 0.25) is 0 Å². The van der Waals surface area contributed by atoms with E-state index < -0.39 is 0 Å². The Hall–Kier alpha value is -0.570. The molecule has 1 heterocycles. The van der Waals surface area contributed by atoms with Crippen molar-refractivity contribution in [1.29, 1.82) is 0 Å². The van der Waals surface area contributed by atoms with Gasteiger partial charge in [0.05, 0.1) is 12.6 Å². The quantitative estimate of drug-likeness (QED) is 0.678. The Kier molecular flexibility index (Phi) is 6.46. The first-order valence-corrected chi connectivity index (χ1v) is 6.70. The minimum atomic E-state index is 0.0902. The summed E-state index contributed by atoms with van der Waals surface area (Å²) in [6.45, 7) is 3.17. The summed E-state index contributed by atoms with van der Waals surface area (Å²) in [7, 11) is 0. The SMILES string of the molecule is CCCCCCCN1C(=O)CCCC1CO. The lowest BCUT2D eigenvalue weighted by molar-refractivity contribution is -0.137. The average Bonchev–Trinajstić information content (AvgIpc) is 2.30. The molecule has 0 saturated carbocycles. The van der Waals surface area contributed by atoms with Gasteiger partial charge in [0.15, 0.2) is 0 Å². The van der Waals surface area contributed by atoms with Gasteiger partial charge in [-0.15, -0.1) is 0 Å². The second-order valence-electron chi connectivity index (χ2n) is 4.73. The van der Waals surface area contributed by atoms with Gasteiger partial charge in [0.1, 0.15) is 0 Å². The molecule has 1 amide bonds. The summed E-state index contributed by atoms with van der Waals surface area (Å²) in [5, 5.41) is 9.23. The molecule has 3 heteroatoms. The summed E-state index contributed by atoms with van der Waals surface area (Å²) in [6.07, 6.45) is 8.68. The van der Waals surface area contributed by atoms with Crippen LogP contribution in [0.5, 0.6) is 0 Å². The van der Waals surface area contributed by atoms with Crippen molar-refractivity contribution >= 4 is 5.91 Å². The lowest BCUT2D eigenvalue weighted by Crippen LogP contribution is -2.45. The van der Waals surface area contributed by atoms with Crippen LogP contribution < -0.4 is 0 Å². The molecule has 1 N–H and O–H groups in total. The van der Waals surface area contributed by atoms with Crippen molar-refractivity contribution in [2.24, 2.45) is 0 Å². The van der Waals surface area contributed by atoms with Gasteiger partial charge < -0.3 is 10.0 Å². The minimum absolute atomic E-state index is 0.0902. The molecule has 0 aromatic heterocycles. The lowest BCUT2D eigenvalue weighted by Gasteiger charge is -2.34. The smallest absolute Gasteiger partial charge is 0.222 e. The number of piperidine rings is 1. The second kappa shape index (κ2) is 7.66. The summed E-state index contributed by atoms with van der Waals surface area (Å²) in [5.41, 5.74) is 0. The number of carbonyl (C=O) groups is 1. The molecule has 1 unspecified atom stereocenters. The highest BCUT2D eigenvalue weighted by Crippen LogP contribution is 2.18. The Labute approximate surface area is 98.8 Å². The Bertz CT molecular complexity index is 206. The van der Waals surface area contributed by atoms with Crippen molar-refractivity contribution in [3.8, 4) is 0 Å². The normalized spacial score (nSPS) is 21.5. The third-order valence-electron chi connectivity index (χ3n) is 3.40. The van der Waals surface area contributed by atoms with Crippen LogP contribution in [-0.4, -0.2) is 35.1 Å². The third kappa shape index (κ3) is 4.12. The third-order valence-corrected chi connectivity index (χ3v) is 3.40. The Morgan fingerprint density at radius 2 is 2.06 bits per heavy atom. The maximum atomic E-state index is 11.7. The Balaban J connectivity index is 2.23. The summed E-state index contributed by atoms with van der Waals surface area (Å²) >= 11 is 0. The molecule has 1 aliphatic rings. The fraction of sp³-hybridized carbons (Fsp3) is 0.923. The molecular weight excluding hydrogens is 202 g/mol. The molecule has 0 spiro atoms. The van der Waals surface area contributed by atoms with E-state index in [0.29, 0.717) is 6.42 Å². The van der Waals surface area contributed by atoms with E-state index >= 15 is 0 Å². The number of unbranched alkanes of at least 4 members (excludes halogenated alkanes) is 4. The van der Waals surface area contributed by atoms with Crippen molar-refractivity contribution in [2.75, 3.05) is 13.2 Å². The predicted octanol–water partition coefficient (Wildman–Crippen LogP) is 2.33. The molecule has 1 saturated heterocycles. The number of rotatable bonds is 7. The maximum Gasteiger partial charge on any atom is 0.222 e. The van der Waals surface area contributed by atoms with Crippen molar-refractivity contribution < 1.29 is 9.90 Å². The zero-order valence-corrected chi connectivity index (χ0v) is 10.5. The maximum absolute atomic E-state index is 11.7. The molecule has 0 aliphatic carbocycles. The second-order valence-corrected chi connectivity index (χ2v) is 4.73. The number of aliphatic hydroxyl groups is 1. The van der Waals surface area contributed by atoms with Gasteiger partial charge in [0, 0.05) is 13.0 Å². The van der Waals surface area contributed by atoms with Crippen LogP contribution in [0, 0.1) is 0 Å². The number of aliphatic hydroxyl groups excluding tert-OH is 1. The van der Waals surface area contributed by atoms with Gasteiger partial charge in [-0.1, -0.05) is 32.6 Å². The van der Waals surface area contributed by atoms with Crippen LogP contribution in [0.1, 0.15) is 58.3 Å². The molecule has 1 aliphatic heterocycles. The van der Waals surface area contributed by atoms with Crippen molar-refractivity contribution in [3.63, 3.8) is 0 Å². The molecular formula is C13H25NO2. The summed E-state index contributed by atoms with van der Waals surface area (Å²) in [4.78, 5) is 13.6. The van der Waals surface area contributed by atoms with Crippen LogP contribution in [-0.2, 0) is 4.79 Å². The molecule has 1 fully saturated rings. The van der Waals surface area contributed by atoms with Crippen molar-refractivity contribution in [1.82, 2.24) is 4.90 Å². The standard InChI is InChI=1S/C13H25NO2/c1-2-3-4-5-6-10-14-12(11-15)8-7-9-13(14)16/h12,15H,2-11H2,1H3. The van der Waals surface area contributed by atoms with E-state index in [0.717, 1.165) is 25.8 Å². The van der Waals surface area contributed by atoms with Crippen LogP contribution in [0.3, 0.4) is 0 Å².